The number of halogens is 1. The van der Waals surface area contributed by atoms with Gasteiger partial charge >= 0.3 is 179 Å². The second-order valence-electron chi connectivity index (χ2n) is 7.53. The fraction of sp³-hybridized carbons (Fsp3) is 0.115. The van der Waals surface area contributed by atoms with Crippen molar-refractivity contribution in [2.45, 2.75) is 18.9 Å². The van der Waals surface area contributed by atoms with Gasteiger partial charge in [-0.2, -0.15) is 0 Å². The van der Waals surface area contributed by atoms with Gasteiger partial charge in [0.1, 0.15) is 0 Å². The summed E-state index contributed by atoms with van der Waals surface area (Å²) in [5, 5.41) is 0. The summed E-state index contributed by atoms with van der Waals surface area (Å²) in [6, 6.07) is 34.1. The quantitative estimate of drug-likeness (QED) is 0.251. The van der Waals surface area contributed by atoms with Crippen LogP contribution in [0.25, 0.3) is 11.3 Å². The Morgan fingerprint density at radius 3 is 2.34 bits per heavy atom. The van der Waals surface area contributed by atoms with Gasteiger partial charge < -0.3 is 0 Å². The summed E-state index contributed by atoms with van der Waals surface area (Å²) in [5.41, 5.74) is 7.07. The zero-order chi connectivity index (χ0) is 19.2. The fourth-order valence-corrected chi connectivity index (χ4v) is 12.0. The van der Waals surface area contributed by atoms with E-state index in [9.17, 15) is 0 Å². The number of aromatic amines is 1. The fourth-order valence-electron chi connectivity index (χ4n) is 4.63. The van der Waals surface area contributed by atoms with Crippen LogP contribution in [0, 0.1) is 7.14 Å². The second-order valence-corrected chi connectivity index (χ2v) is 12.4. The first-order valence-corrected chi connectivity index (χ1v) is 13.3. The van der Waals surface area contributed by atoms with Crippen molar-refractivity contribution in [2.24, 2.45) is 0 Å². The molecule has 1 unspecified atom stereocenters. The summed E-state index contributed by atoms with van der Waals surface area (Å²) in [6.07, 6.45) is 4.42. The van der Waals surface area contributed by atoms with Crippen LogP contribution >= 0.6 is 20.1 Å². The molecule has 2 aliphatic rings. The van der Waals surface area contributed by atoms with Gasteiger partial charge in [0.25, 0.3) is 0 Å². The molecule has 0 saturated carbocycles. The van der Waals surface area contributed by atoms with Crippen molar-refractivity contribution in [3.05, 3.63) is 115 Å². The van der Waals surface area contributed by atoms with Crippen LogP contribution in [0.5, 0.6) is 0 Å². The van der Waals surface area contributed by atoms with Crippen molar-refractivity contribution in [2.75, 3.05) is 0 Å². The molecule has 1 atom stereocenters. The number of aromatic nitrogens is 1. The number of hydrogen-bond donors (Lipinski definition) is 1. The Kier molecular flexibility index (Phi) is 4.15. The monoisotopic (exact) mass is 489 g/mol. The predicted octanol–water partition coefficient (Wildman–Crippen LogP) is 6.49. The standard InChI is InChI=1S/C26H22IN2/c1-2-9-19(10-3-1)25-16-17-26-21-12-5-7-14-23(21)27(29(25)26)22-13-6-4-11-20(22)24-15-8-18-28-24/h1-15,18,26,28H,16-17H2/q+1. The summed E-state index contributed by atoms with van der Waals surface area (Å²) in [5.74, 6) is 0. The first-order chi connectivity index (χ1) is 14.4. The molecule has 0 bridgehead atoms. The molecule has 0 aliphatic carbocycles. The molecule has 142 valence electrons. The van der Waals surface area contributed by atoms with Gasteiger partial charge in [0, 0.05) is 0 Å². The van der Waals surface area contributed by atoms with Gasteiger partial charge in [-0.05, 0) is 0 Å². The van der Waals surface area contributed by atoms with E-state index in [1.54, 1.807) is 14.8 Å². The Morgan fingerprint density at radius 2 is 1.52 bits per heavy atom. The summed E-state index contributed by atoms with van der Waals surface area (Å²) >= 11 is -1.82. The average Bonchev–Trinajstić information content (AvgIpc) is 3.51. The molecule has 0 radical (unpaired) electrons. The van der Waals surface area contributed by atoms with Crippen molar-refractivity contribution in [3.8, 4) is 11.3 Å². The van der Waals surface area contributed by atoms with E-state index in [0.717, 1.165) is 0 Å². The first kappa shape index (κ1) is 17.2. The molecule has 3 heteroatoms. The van der Waals surface area contributed by atoms with Crippen molar-refractivity contribution in [3.63, 3.8) is 0 Å². The normalized spacial score (nSPS) is 18.8. The molecule has 3 heterocycles. The Hall–Kier alpha value is -2.66. The summed E-state index contributed by atoms with van der Waals surface area (Å²) < 4.78 is 5.99. The van der Waals surface area contributed by atoms with Crippen LogP contribution in [-0.4, -0.2) is 13.5 Å². The molecule has 1 N–H and O–H groups in total. The minimum atomic E-state index is -1.82. The summed E-state index contributed by atoms with van der Waals surface area (Å²) in [7, 11) is 0. The van der Waals surface area contributed by atoms with Crippen LogP contribution < -0.4 is 0 Å². The molecule has 0 saturated heterocycles. The molecular formula is C26H22IN2+. The van der Waals surface area contributed by atoms with E-state index in [1.807, 2.05) is 6.20 Å². The number of fused-ring (bicyclic) bond motifs is 3. The van der Waals surface area contributed by atoms with Crippen LogP contribution in [0.1, 0.15) is 30.0 Å². The molecular weight excluding hydrogens is 467 g/mol. The van der Waals surface area contributed by atoms with Crippen molar-refractivity contribution in [1.82, 2.24) is 4.98 Å². The number of hydrogen-bond acceptors (Lipinski definition) is 0. The molecule has 2 aliphatic heterocycles. The van der Waals surface area contributed by atoms with Crippen molar-refractivity contribution in [1.29, 1.82) is 0 Å². The molecule has 6 rings (SSSR count). The van der Waals surface area contributed by atoms with E-state index in [1.165, 1.54) is 33.2 Å². The first-order valence-electron chi connectivity index (χ1n) is 10.1. The minimum absolute atomic E-state index is 0.531. The SMILES string of the molecule is c1ccc(C2=[N+]3C(CC2)c2ccccc2I3c2ccccc2-c2ccc[nH]2)cc1. The molecule has 1 aromatic heterocycles. The number of nitrogens with zero attached hydrogens (tertiary/aromatic N) is 1. The van der Waals surface area contributed by atoms with E-state index in [2.05, 4.69) is 98.8 Å². The third-order valence-electron chi connectivity index (χ3n) is 5.89. The van der Waals surface area contributed by atoms with E-state index >= 15 is 0 Å². The third-order valence-corrected chi connectivity index (χ3v) is 12.3. The molecule has 29 heavy (non-hydrogen) atoms. The van der Waals surface area contributed by atoms with E-state index < -0.39 is 20.1 Å². The summed E-state index contributed by atoms with van der Waals surface area (Å²) in [6.45, 7) is 0. The Balaban J connectivity index is 1.62. The molecule has 0 fully saturated rings. The van der Waals surface area contributed by atoms with Crippen molar-refractivity contribution < 1.29 is 2.79 Å². The maximum absolute atomic E-state index is 3.44. The number of H-pyrrole nitrogens is 1. The summed E-state index contributed by atoms with van der Waals surface area (Å²) in [4.78, 5) is 3.44. The molecule has 0 spiro atoms. The van der Waals surface area contributed by atoms with Gasteiger partial charge in [-0.3, -0.25) is 0 Å². The molecule has 2 nitrogen and oxygen atoms in total. The maximum atomic E-state index is 3.44. The number of nitrogens with one attached hydrogen (secondary N) is 1. The van der Waals surface area contributed by atoms with Crippen LogP contribution in [0.4, 0.5) is 0 Å². The Bertz CT molecular complexity index is 1210. The van der Waals surface area contributed by atoms with Gasteiger partial charge in [-0.15, -0.1) is 0 Å². The molecule has 4 aromatic rings. The Morgan fingerprint density at radius 1 is 0.759 bits per heavy atom. The van der Waals surface area contributed by atoms with Crippen LogP contribution in [0.15, 0.2) is 97.2 Å². The van der Waals surface area contributed by atoms with Gasteiger partial charge in [0.2, 0.25) is 0 Å². The Labute approximate surface area is 178 Å². The second kappa shape index (κ2) is 6.99. The average molecular weight is 489 g/mol. The van der Waals surface area contributed by atoms with Gasteiger partial charge in [0.15, 0.2) is 0 Å². The zero-order valence-electron chi connectivity index (χ0n) is 16.1. The van der Waals surface area contributed by atoms with E-state index in [0.29, 0.717) is 6.04 Å². The zero-order valence-corrected chi connectivity index (χ0v) is 18.2. The predicted molar refractivity (Wildman–Crippen MR) is 127 cm³/mol. The van der Waals surface area contributed by atoms with Gasteiger partial charge in [-0.25, -0.2) is 0 Å². The van der Waals surface area contributed by atoms with E-state index in [4.69, 9.17) is 0 Å². The van der Waals surface area contributed by atoms with Crippen molar-refractivity contribution >= 4 is 25.8 Å². The van der Waals surface area contributed by atoms with Crippen LogP contribution in [0.3, 0.4) is 0 Å². The van der Waals surface area contributed by atoms with Gasteiger partial charge in [0.05, 0.1) is 0 Å². The third kappa shape index (κ3) is 2.71. The molecule has 3 aromatic carbocycles. The number of benzene rings is 3. The number of rotatable bonds is 3. The van der Waals surface area contributed by atoms with Crippen LogP contribution in [0.2, 0.25) is 0 Å². The molecule has 0 amide bonds. The van der Waals surface area contributed by atoms with Crippen LogP contribution in [-0.2, 0) is 0 Å². The van der Waals surface area contributed by atoms with Gasteiger partial charge in [-0.1, -0.05) is 0 Å². The topological polar surface area (TPSA) is 18.8 Å². The van der Waals surface area contributed by atoms with E-state index in [-0.39, 0.29) is 0 Å².